The maximum atomic E-state index is 12.9. The number of amides is 1. The molecule has 1 aliphatic heterocycles. The van der Waals surface area contributed by atoms with Crippen LogP contribution in [0.5, 0.6) is 5.75 Å². The summed E-state index contributed by atoms with van der Waals surface area (Å²) in [7, 11) is -3.80. The van der Waals surface area contributed by atoms with Gasteiger partial charge in [-0.3, -0.25) is 14.6 Å². The largest absolute Gasteiger partial charge is 0.493 e. The van der Waals surface area contributed by atoms with Crippen LogP contribution in [0.3, 0.4) is 0 Å². The molecule has 9 nitrogen and oxygen atoms in total. The van der Waals surface area contributed by atoms with Gasteiger partial charge in [0.1, 0.15) is 5.75 Å². The van der Waals surface area contributed by atoms with Crippen LogP contribution in [0, 0.1) is 6.92 Å². The van der Waals surface area contributed by atoms with Gasteiger partial charge >= 0.3 is 5.97 Å². The first-order chi connectivity index (χ1) is 16.2. The lowest BCUT2D eigenvalue weighted by Crippen LogP contribution is -2.17. The number of esters is 1. The fraction of sp³-hybridized carbons (Fsp3) is 0.292. The van der Waals surface area contributed by atoms with Gasteiger partial charge in [-0.15, -0.1) is 0 Å². The third-order valence-corrected chi connectivity index (χ3v) is 7.34. The van der Waals surface area contributed by atoms with Gasteiger partial charge in [-0.1, -0.05) is 6.07 Å². The number of fused-ring (bicyclic) bond motifs is 2. The van der Waals surface area contributed by atoms with E-state index < -0.39 is 27.5 Å². The molecule has 0 bridgehead atoms. The molecule has 2 heterocycles. The van der Waals surface area contributed by atoms with Crippen molar-refractivity contribution in [1.29, 1.82) is 0 Å². The third kappa shape index (κ3) is 4.54. The Morgan fingerprint density at radius 2 is 2.03 bits per heavy atom. The molecule has 3 aromatic rings. The Labute approximate surface area is 197 Å². The summed E-state index contributed by atoms with van der Waals surface area (Å²) in [5.41, 5.74) is 8.85. The Hall–Kier alpha value is -3.66. The topological polar surface area (TPSA) is 138 Å². The number of primary amides is 1. The molecule has 0 aliphatic carbocycles. The van der Waals surface area contributed by atoms with Crippen molar-refractivity contribution in [2.75, 3.05) is 24.3 Å². The summed E-state index contributed by atoms with van der Waals surface area (Å²) >= 11 is 0. The molecular formula is C24H25N3O6S. The summed E-state index contributed by atoms with van der Waals surface area (Å²) in [4.78, 5) is 28.5. The van der Waals surface area contributed by atoms with Crippen molar-refractivity contribution in [3.05, 3.63) is 53.2 Å². The second-order valence-corrected chi connectivity index (χ2v) is 9.98. The number of sulfone groups is 1. The van der Waals surface area contributed by atoms with E-state index in [1.807, 2.05) is 18.2 Å². The van der Waals surface area contributed by atoms with Crippen LogP contribution in [-0.2, 0) is 25.8 Å². The Kier molecular flexibility index (Phi) is 6.43. The average molecular weight is 484 g/mol. The maximum Gasteiger partial charge on any atom is 0.306 e. The quantitative estimate of drug-likeness (QED) is 0.466. The van der Waals surface area contributed by atoms with Crippen LogP contribution in [0.2, 0.25) is 0 Å². The number of aromatic nitrogens is 1. The number of nitrogens with one attached hydrogen (secondary N) is 1. The van der Waals surface area contributed by atoms with Crippen molar-refractivity contribution >= 4 is 44.0 Å². The SMILES string of the molecule is CCOC(=O)CCS(=O)(=O)c1ccc2nc(C)c(C(N)=O)c(Nc3cccc4c3CCO4)c2c1. The fourth-order valence-corrected chi connectivity index (χ4v) is 5.28. The standard InChI is InChI=1S/C24H25N3O6S/c1-3-32-21(28)10-12-34(30,31)15-7-8-19-17(13-15)23(22(24(25)29)14(2)26-19)27-18-5-4-6-20-16(18)9-11-33-20/h4-8,13H,3,9-12H2,1-2H3,(H2,25,29)(H,26,27). The minimum atomic E-state index is -3.80. The number of ether oxygens (including phenoxy) is 2. The van der Waals surface area contributed by atoms with Gasteiger partial charge in [0.2, 0.25) is 0 Å². The number of nitrogens with two attached hydrogens (primary N) is 1. The zero-order valence-corrected chi connectivity index (χ0v) is 19.7. The Balaban J connectivity index is 1.83. The summed E-state index contributed by atoms with van der Waals surface area (Å²) in [6.07, 6.45) is 0.439. The molecule has 1 aromatic heterocycles. The molecule has 10 heteroatoms. The number of carbonyl (C=O) groups excluding carboxylic acids is 2. The Bertz CT molecular complexity index is 1400. The number of benzene rings is 2. The molecule has 0 fully saturated rings. The van der Waals surface area contributed by atoms with Crippen LogP contribution in [0.4, 0.5) is 11.4 Å². The molecule has 3 N–H and O–H groups in total. The molecule has 34 heavy (non-hydrogen) atoms. The molecule has 178 valence electrons. The van der Waals surface area contributed by atoms with Crippen molar-refractivity contribution in [2.45, 2.75) is 31.6 Å². The number of nitrogens with zero attached hydrogens (tertiary/aromatic N) is 1. The lowest BCUT2D eigenvalue weighted by molar-refractivity contribution is -0.142. The summed E-state index contributed by atoms with van der Waals surface area (Å²) in [6, 6.07) is 10.0. The van der Waals surface area contributed by atoms with Crippen LogP contribution >= 0.6 is 0 Å². The van der Waals surface area contributed by atoms with E-state index in [2.05, 4.69) is 10.3 Å². The number of anilines is 2. The Morgan fingerprint density at radius 3 is 2.76 bits per heavy atom. The van der Waals surface area contributed by atoms with Crippen molar-refractivity contribution in [3.8, 4) is 5.75 Å². The van der Waals surface area contributed by atoms with Crippen LogP contribution in [0.15, 0.2) is 41.3 Å². The van der Waals surface area contributed by atoms with E-state index in [9.17, 15) is 18.0 Å². The lowest BCUT2D eigenvalue weighted by Gasteiger charge is -2.17. The maximum absolute atomic E-state index is 12.9. The van der Waals surface area contributed by atoms with Crippen molar-refractivity contribution in [3.63, 3.8) is 0 Å². The highest BCUT2D eigenvalue weighted by Gasteiger charge is 2.23. The van der Waals surface area contributed by atoms with E-state index in [-0.39, 0.29) is 23.5 Å². The zero-order chi connectivity index (χ0) is 24.5. The van der Waals surface area contributed by atoms with E-state index in [1.165, 1.54) is 12.1 Å². The summed E-state index contributed by atoms with van der Waals surface area (Å²) in [5.74, 6) is -0.912. The molecule has 0 saturated heterocycles. The van der Waals surface area contributed by atoms with Gasteiger partial charge in [0, 0.05) is 23.1 Å². The minimum Gasteiger partial charge on any atom is -0.493 e. The van der Waals surface area contributed by atoms with Crippen molar-refractivity contribution < 1.29 is 27.5 Å². The van der Waals surface area contributed by atoms with Gasteiger partial charge in [0.15, 0.2) is 9.84 Å². The second-order valence-electron chi connectivity index (χ2n) is 7.87. The van der Waals surface area contributed by atoms with E-state index in [4.69, 9.17) is 15.2 Å². The van der Waals surface area contributed by atoms with Gasteiger partial charge in [0.05, 0.1) is 52.7 Å². The predicted molar refractivity (Wildman–Crippen MR) is 127 cm³/mol. The first-order valence-electron chi connectivity index (χ1n) is 10.9. The van der Waals surface area contributed by atoms with E-state index >= 15 is 0 Å². The van der Waals surface area contributed by atoms with E-state index in [1.54, 1.807) is 19.9 Å². The van der Waals surface area contributed by atoms with Gasteiger partial charge in [-0.05, 0) is 44.2 Å². The molecule has 1 aliphatic rings. The van der Waals surface area contributed by atoms with Gasteiger partial charge in [-0.2, -0.15) is 0 Å². The highest BCUT2D eigenvalue weighted by molar-refractivity contribution is 7.91. The summed E-state index contributed by atoms with van der Waals surface area (Å²) in [6.45, 7) is 4.06. The highest BCUT2D eigenvalue weighted by Crippen LogP contribution is 2.37. The number of carbonyl (C=O) groups is 2. The fourth-order valence-electron chi connectivity index (χ4n) is 4.03. The van der Waals surface area contributed by atoms with Gasteiger partial charge < -0.3 is 20.5 Å². The molecule has 0 spiro atoms. The van der Waals surface area contributed by atoms with E-state index in [0.717, 1.165) is 17.0 Å². The number of aryl methyl sites for hydroxylation is 1. The molecule has 4 rings (SSSR count). The lowest BCUT2D eigenvalue weighted by atomic mass is 10.0. The monoisotopic (exact) mass is 483 g/mol. The number of hydrogen-bond acceptors (Lipinski definition) is 8. The van der Waals surface area contributed by atoms with Gasteiger partial charge in [0.25, 0.3) is 5.91 Å². The highest BCUT2D eigenvalue weighted by atomic mass is 32.2. The summed E-state index contributed by atoms with van der Waals surface area (Å²) < 4.78 is 36.3. The minimum absolute atomic E-state index is 0.00930. The van der Waals surface area contributed by atoms with Crippen molar-refractivity contribution in [1.82, 2.24) is 4.98 Å². The molecule has 1 amide bonds. The first-order valence-corrected chi connectivity index (χ1v) is 12.5. The smallest absolute Gasteiger partial charge is 0.306 e. The zero-order valence-electron chi connectivity index (χ0n) is 18.9. The molecule has 0 saturated carbocycles. The van der Waals surface area contributed by atoms with Crippen LogP contribution in [0.1, 0.15) is 35.0 Å². The van der Waals surface area contributed by atoms with Crippen molar-refractivity contribution in [2.24, 2.45) is 5.73 Å². The number of rotatable bonds is 8. The van der Waals surface area contributed by atoms with E-state index in [0.29, 0.717) is 35.3 Å². The van der Waals surface area contributed by atoms with Gasteiger partial charge in [-0.25, -0.2) is 8.42 Å². The average Bonchev–Trinajstić information content (AvgIpc) is 3.27. The summed E-state index contributed by atoms with van der Waals surface area (Å²) in [5, 5.41) is 3.72. The molecule has 2 aromatic carbocycles. The molecule has 0 atom stereocenters. The molecule has 0 unspecified atom stereocenters. The first kappa shape index (κ1) is 23.5. The van der Waals surface area contributed by atoms with Crippen LogP contribution in [-0.4, -0.2) is 44.2 Å². The number of hydrogen-bond donors (Lipinski definition) is 2. The predicted octanol–water partition coefficient (Wildman–Crippen LogP) is 3.05. The number of pyridine rings is 1. The van der Waals surface area contributed by atoms with Crippen LogP contribution in [0.25, 0.3) is 10.9 Å². The molecular weight excluding hydrogens is 458 g/mol. The van der Waals surface area contributed by atoms with Crippen LogP contribution < -0.4 is 15.8 Å². The third-order valence-electron chi connectivity index (χ3n) is 5.63. The normalized spacial score (nSPS) is 12.8. The second kappa shape index (κ2) is 9.30. The Morgan fingerprint density at radius 1 is 1.24 bits per heavy atom. The molecule has 0 radical (unpaired) electrons.